The van der Waals surface area contributed by atoms with Crippen LogP contribution in [0, 0.1) is 5.92 Å². The normalized spacial score (nSPS) is 21.1. The quantitative estimate of drug-likeness (QED) is 0.605. The number of hydrogen-bond donors (Lipinski definition) is 1. The summed E-state index contributed by atoms with van der Waals surface area (Å²) in [5.74, 6) is 2.56. The van der Waals surface area contributed by atoms with Crippen LogP contribution < -0.4 is 5.32 Å². The third kappa shape index (κ3) is 5.73. The fraction of sp³-hybridized carbons (Fsp3) is 0.700. The third-order valence-corrected chi connectivity index (χ3v) is 4.94. The SMILES string of the molecule is CC(C)CN=C(NCCc1ccco1)N1CCN(C(=O)C2CCCO2)CC1. The molecule has 150 valence electrons. The van der Waals surface area contributed by atoms with Gasteiger partial charge in [-0.05, 0) is 30.9 Å². The van der Waals surface area contributed by atoms with Crippen LogP contribution in [0.3, 0.4) is 0 Å². The highest BCUT2D eigenvalue weighted by Gasteiger charge is 2.30. The molecule has 1 aromatic rings. The lowest BCUT2D eigenvalue weighted by Gasteiger charge is -2.37. The van der Waals surface area contributed by atoms with Crippen LogP contribution in [0.4, 0.5) is 0 Å². The van der Waals surface area contributed by atoms with E-state index in [4.69, 9.17) is 14.1 Å². The maximum Gasteiger partial charge on any atom is 0.251 e. The third-order valence-electron chi connectivity index (χ3n) is 4.94. The van der Waals surface area contributed by atoms with Crippen LogP contribution in [0.5, 0.6) is 0 Å². The summed E-state index contributed by atoms with van der Waals surface area (Å²) in [7, 11) is 0. The zero-order valence-electron chi connectivity index (χ0n) is 16.5. The molecule has 3 heterocycles. The van der Waals surface area contributed by atoms with E-state index in [9.17, 15) is 4.79 Å². The Kier molecular flexibility index (Phi) is 7.15. The van der Waals surface area contributed by atoms with Crippen molar-refractivity contribution in [2.24, 2.45) is 10.9 Å². The summed E-state index contributed by atoms with van der Waals surface area (Å²) < 4.78 is 10.9. The molecule has 0 spiro atoms. The zero-order valence-corrected chi connectivity index (χ0v) is 16.5. The minimum absolute atomic E-state index is 0.151. The average molecular weight is 377 g/mol. The highest BCUT2D eigenvalue weighted by Crippen LogP contribution is 2.16. The lowest BCUT2D eigenvalue weighted by molar-refractivity contribution is -0.142. The van der Waals surface area contributed by atoms with Gasteiger partial charge in [0, 0.05) is 52.3 Å². The molecule has 1 atom stereocenters. The average Bonchev–Trinajstić information content (AvgIpc) is 3.38. The molecule has 1 amide bonds. The lowest BCUT2D eigenvalue weighted by Crippen LogP contribution is -2.55. The van der Waals surface area contributed by atoms with E-state index in [1.807, 2.05) is 17.0 Å². The first kappa shape index (κ1) is 19.7. The number of carbonyl (C=O) groups is 1. The van der Waals surface area contributed by atoms with Crippen LogP contribution in [0.2, 0.25) is 0 Å². The molecule has 2 aliphatic heterocycles. The molecule has 0 saturated carbocycles. The van der Waals surface area contributed by atoms with Gasteiger partial charge in [-0.1, -0.05) is 13.8 Å². The predicted molar refractivity (Wildman–Crippen MR) is 105 cm³/mol. The van der Waals surface area contributed by atoms with Gasteiger partial charge in [0.1, 0.15) is 11.9 Å². The number of guanidine groups is 1. The number of hydrogen-bond acceptors (Lipinski definition) is 4. The minimum Gasteiger partial charge on any atom is -0.469 e. The molecular weight excluding hydrogens is 344 g/mol. The molecular formula is C20H32N4O3. The van der Waals surface area contributed by atoms with E-state index >= 15 is 0 Å². The second-order valence-electron chi connectivity index (χ2n) is 7.63. The van der Waals surface area contributed by atoms with Crippen molar-refractivity contribution in [3.05, 3.63) is 24.2 Å². The van der Waals surface area contributed by atoms with Crippen LogP contribution in [0.1, 0.15) is 32.4 Å². The molecule has 0 aliphatic carbocycles. The van der Waals surface area contributed by atoms with Gasteiger partial charge in [-0.15, -0.1) is 0 Å². The van der Waals surface area contributed by atoms with Crippen LogP contribution in [-0.2, 0) is 16.0 Å². The largest absolute Gasteiger partial charge is 0.469 e. The van der Waals surface area contributed by atoms with E-state index in [1.54, 1.807) is 6.26 Å². The Balaban J connectivity index is 1.51. The number of nitrogens with one attached hydrogen (secondary N) is 1. The van der Waals surface area contributed by atoms with Crippen molar-refractivity contribution < 1.29 is 13.9 Å². The maximum atomic E-state index is 12.5. The number of amides is 1. The summed E-state index contributed by atoms with van der Waals surface area (Å²) in [5, 5.41) is 3.47. The summed E-state index contributed by atoms with van der Waals surface area (Å²) in [5.41, 5.74) is 0. The monoisotopic (exact) mass is 376 g/mol. The smallest absolute Gasteiger partial charge is 0.251 e. The fourth-order valence-corrected chi connectivity index (χ4v) is 3.40. The highest BCUT2D eigenvalue weighted by atomic mass is 16.5. The number of aliphatic imine (C=N–C) groups is 1. The number of ether oxygens (including phenoxy) is 1. The van der Waals surface area contributed by atoms with Gasteiger partial charge >= 0.3 is 0 Å². The Hall–Kier alpha value is -2.02. The van der Waals surface area contributed by atoms with E-state index in [1.165, 1.54) is 0 Å². The second-order valence-corrected chi connectivity index (χ2v) is 7.63. The molecule has 3 rings (SSSR count). The molecule has 1 N–H and O–H groups in total. The topological polar surface area (TPSA) is 70.3 Å². The van der Waals surface area contributed by atoms with Crippen molar-refractivity contribution >= 4 is 11.9 Å². The molecule has 0 bridgehead atoms. The van der Waals surface area contributed by atoms with E-state index in [0.29, 0.717) is 12.5 Å². The van der Waals surface area contributed by atoms with Gasteiger partial charge in [0.25, 0.3) is 5.91 Å². The van der Waals surface area contributed by atoms with E-state index in [-0.39, 0.29) is 12.0 Å². The van der Waals surface area contributed by atoms with E-state index in [2.05, 4.69) is 24.1 Å². The summed E-state index contributed by atoms with van der Waals surface area (Å²) >= 11 is 0. The van der Waals surface area contributed by atoms with Crippen LogP contribution in [0.25, 0.3) is 0 Å². The molecule has 27 heavy (non-hydrogen) atoms. The van der Waals surface area contributed by atoms with Crippen molar-refractivity contribution in [3.8, 4) is 0 Å². The Morgan fingerprint density at radius 2 is 2.07 bits per heavy atom. The standard InChI is InChI=1S/C20H32N4O3/c1-16(2)15-22-20(21-8-7-17-5-3-13-26-17)24-11-9-23(10-12-24)19(25)18-6-4-14-27-18/h3,5,13,16,18H,4,6-12,14-15H2,1-2H3,(H,21,22). The van der Waals surface area contributed by atoms with Crippen molar-refractivity contribution in [2.45, 2.75) is 39.2 Å². The number of carbonyl (C=O) groups excluding carboxylic acids is 1. The van der Waals surface area contributed by atoms with Gasteiger partial charge in [0.15, 0.2) is 5.96 Å². The van der Waals surface area contributed by atoms with Crippen LogP contribution in [0.15, 0.2) is 27.8 Å². The van der Waals surface area contributed by atoms with Crippen molar-refractivity contribution in [3.63, 3.8) is 0 Å². The molecule has 7 nitrogen and oxygen atoms in total. The first-order valence-electron chi connectivity index (χ1n) is 10.1. The first-order valence-corrected chi connectivity index (χ1v) is 10.1. The Morgan fingerprint density at radius 3 is 2.70 bits per heavy atom. The Labute approximate surface area is 161 Å². The summed E-state index contributed by atoms with van der Waals surface area (Å²) in [6.07, 6.45) is 4.15. The van der Waals surface area contributed by atoms with Gasteiger partial charge in [-0.25, -0.2) is 0 Å². The van der Waals surface area contributed by atoms with Gasteiger partial charge in [0.05, 0.1) is 6.26 Å². The number of rotatable bonds is 6. The number of piperazine rings is 1. The van der Waals surface area contributed by atoms with Crippen molar-refractivity contribution in [2.75, 3.05) is 45.9 Å². The van der Waals surface area contributed by atoms with E-state index in [0.717, 1.165) is 70.3 Å². The summed E-state index contributed by atoms with van der Waals surface area (Å²) in [6, 6.07) is 3.90. The van der Waals surface area contributed by atoms with Crippen LogP contribution in [-0.4, -0.2) is 73.6 Å². The number of nitrogens with zero attached hydrogens (tertiary/aromatic N) is 3. The Bertz CT molecular complexity index is 601. The molecule has 2 saturated heterocycles. The predicted octanol–water partition coefficient (Wildman–Crippen LogP) is 1.75. The van der Waals surface area contributed by atoms with Gasteiger partial charge < -0.3 is 24.3 Å². The summed E-state index contributed by atoms with van der Waals surface area (Å²) in [6.45, 7) is 9.65. The number of furan rings is 1. The fourth-order valence-electron chi connectivity index (χ4n) is 3.40. The molecule has 1 aromatic heterocycles. The molecule has 2 fully saturated rings. The van der Waals surface area contributed by atoms with E-state index < -0.39 is 0 Å². The lowest BCUT2D eigenvalue weighted by atomic mass is 10.2. The molecule has 0 aromatic carbocycles. The second kappa shape index (κ2) is 9.78. The van der Waals surface area contributed by atoms with Crippen molar-refractivity contribution in [1.82, 2.24) is 15.1 Å². The highest BCUT2D eigenvalue weighted by molar-refractivity contribution is 5.82. The van der Waals surface area contributed by atoms with Crippen LogP contribution >= 0.6 is 0 Å². The minimum atomic E-state index is -0.225. The van der Waals surface area contributed by atoms with Crippen molar-refractivity contribution in [1.29, 1.82) is 0 Å². The van der Waals surface area contributed by atoms with Gasteiger partial charge in [-0.3, -0.25) is 9.79 Å². The molecule has 0 radical (unpaired) electrons. The first-order chi connectivity index (χ1) is 13.1. The van der Waals surface area contributed by atoms with Gasteiger partial charge in [0.2, 0.25) is 0 Å². The summed E-state index contributed by atoms with van der Waals surface area (Å²) in [4.78, 5) is 21.5. The molecule has 7 heteroatoms. The molecule has 1 unspecified atom stereocenters. The van der Waals surface area contributed by atoms with Gasteiger partial charge in [-0.2, -0.15) is 0 Å². The molecule has 2 aliphatic rings. The Morgan fingerprint density at radius 1 is 1.30 bits per heavy atom. The maximum absolute atomic E-state index is 12.5. The zero-order chi connectivity index (χ0) is 19.1.